The third-order valence-corrected chi connectivity index (χ3v) is 14.1. The molecule has 37 heteroatoms. The van der Waals surface area contributed by atoms with Crippen molar-refractivity contribution in [2.24, 2.45) is 55.1 Å². The summed E-state index contributed by atoms with van der Waals surface area (Å²) in [6.07, 6.45) is 11.3. The predicted octanol–water partition coefficient (Wildman–Crippen LogP) is -0.466. The summed E-state index contributed by atoms with van der Waals surface area (Å²) in [5, 5.41) is 32.0. The number of hydrogen-bond donors (Lipinski definition) is 13. The first-order valence-corrected chi connectivity index (χ1v) is 30.1. The Kier molecular flexibility index (Phi) is 24.8. The van der Waals surface area contributed by atoms with Gasteiger partial charge in [-0.25, -0.2) is 19.9 Å². The van der Waals surface area contributed by atoms with E-state index in [1.807, 2.05) is 19.0 Å². The Morgan fingerprint density at radius 1 is 0.344 bits per heavy atom. The van der Waals surface area contributed by atoms with Crippen LogP contribution in [0.2, 0.25) is 0 Å². The summed E-state index contributed by atoms with van der Waals surface area (Å²) in [4.78, 5) is 173. The first-order valence-electron chi connectivity index (χ1n) is 30.1. The summed E-state index contributed by atoms with van der Waals surface area (Å²) in [7, 11) is 14.9. The molecule has 0 aliphatic carbocycles. The maximum absolute atomic E-state index is 13.5. The zero-order valence-electron chi connectivity index (χ0n) is 54.5. The number of nitrogens with one attached hydrogen (secondary N) is 12. The fourth-order valence-corrected chi connectivity index (χ4v) is 9.42. The summed E-state index contributed by atoms with van der Waals surface area (Å²) < 4.78 is 10.1. The minimum atomic E-state index is -0.656. The molecule has 0 spiro atoms. The molecule has 0 aliphatic rings. The van der Waals surface area contributed by atoms with E-state index in [2.05, 4.69) is 83.7 Å². The van der Waals surface area contributed by atoms with E-state index in [9.17, 15) is 57.5 Å². The van der Waals surface area contributed by atoms with Gasteiger partial charge in [-0.15, -0.1) is 0 Å². The number of aromatic nitrogens is 11. The normalized spacial score (nSPS) is 10.9. The first kappa shape index (κ1) is 71.7. The smallest absolute Gasteiger partial charge is 0.291 e. The van der Waals surface area contributed by atoms with Crippen molar-refractivity contribution in [3.63, 3.8) is 0 Å². The standard InChI is InChI=1S/C59H79N25O12/c1-77(2)23-11-19-61-45(86)14-21-64-54(91)38-25-35(28-79(38)4)67-59(96)52-75-43(33-84(52)9)76-55(92)39-26-36(29-80(39)5)68-58(95)50-73-40(31-82(50)7)69-46(87)12-10-18-63-53(90)37-24-34(27-78(37)3)66-57(94)51-74-42(32-83(51)8)71-48(89)16-22-65-56(93)49-72-41(30-81(49)6)70-47(88)15-20-62-44(85)13-17-60/h24-33H,10-23,60H2,1-9H3,(H,61,86)(H,62,85)(H,63,90)(H,64,91)(H,65,93)(H,66,94)(H,67,96)(H,68,95)(H,69,87)(H,70,88)(H,71,89)(H,76,92). The minimum absolute atomic E-state index is 0.0257. The van der Waals surface area contributed by atoms with Crippen LogP contribution in [0.4, 0.5) is 40.3 Å². The van der Waals surface area contributed by atoms with Crippen molar-refractivity contribution in [1.82, 2.24) is 83.4 Å². The molecular formula is C59H79N25O12. The number of carbonyl (C=O) groups excluding carboxylic acids is 12. The lowest BCUT2D eigenvalue weighted by Crippen LogP contribution is -2.32. The molecule has 7 rings (SSSR count). The van der Waals surface area contributed by atoms with E-state index < -0.39 is 59.1 Å². The number of anilines is 7. The second-order valence-corrected chi connectivity index (χ2v) is 22.4. The Morgan fingerprint density at radius 2 is 0.667 bits per heavy atom. The molecule has 7 heterocycles. The second-order valence-electron chi connectivity index (χ2n) is 22.4. The van der Waals surface area contributed by atoms with Gasteiger partial charge in [0.25, 0.3) is 41.4 Å². The summed E-state index contributed by atoms with van der Waals surface area (Å²) in [5.74, 6) is -5.87. The van der Waals surface area contributed by atoms with Gasteiger partial charge < -0.3 is 106 Å². The van der Waals surface area contributed by atoms with E-state index in [1.165, 1.54) is 87.3 Å². The van der Waals surface area contributed by atoms with Gasteiger partial charge in [-0.3, -0.25) is 57.5 Å². The number of nitrogens with two attached hydrogens (primary N) is 1. The fourth-order valence-electron chi connectivity index (χ4n) is 9.42. The van der Waals surface area contributed by atoms with Gasteiger partial charge in [0.15, 0.2) is 23.3 Å². The Hall–Kier alpha value is -11.8. The molecule has 12 amide bonds. The molecule has 7 aromatic heterocycles. The largest absolute Gasteiger partial charge is 0.356 e. The van der Waals surface area contributed by atoms with Gasteiger partial charge in [-0.05, 0) is 51.7 Å². The first-order chi connectivity index (χ1) is 45.6. The molecule has 14 N–H and O–H groups in total. The van der Waals surface area contributed by atoms with Crippen molar-refractivity contribution in [3.8, 4) is 0 Å². The highest BCUT2D eigenvalue weighted by Crippen LogP contribution is 2.21. The topological polar surface area (TPSA) is 465 Å². The van der Waals surface area contributed by atoms with Crippen LogP contribution < -0.4 is 69.5 Å². The number of rotatable bonds is 33. The van der Waals surface area contributed by atoms with Crippen LogP contribution in [0, 0.1) is 0 Å². The SMILES string of the molecule is CN(C)CCCNC(=O)CCNC(=O)c1cc(NC(=O)c2nc(NC(=O)c3cc(NC(=O)c4nc(NC(=O)CCCNC(=O)c5cc(NC(=O)c6nc(NC(=O)CCNC(=O)c7nc(NC(=O)CCNC(=O)CCN)cn7C)cn6C)cn5C)cn4C)cn3C)cn2C)cn1C. The highest BCUT2D eigenvalue weighted by molar-refractivity contribution is 6.08. The highest BCUT2D eigenvalue weighted by Gasteiger charge is 2.24. The summed E-state index contributed by atoms with van der Waals surface area (Å²) >= 11 is 0. The number of amides is 12. The minimum Gasteiger partial charge on any atom is -0.356 e. The monoisotopic (exact) mass is 1330 g/mol. The van der Waals surface area contributed by atoms with Gasteiger partial charge in [0.05, 0.1) is 17.1 Å². The van der Waals surface area contributed by atoms with Gasteiger partial charge in [0.1, 0.15) is 17.1 Å². The van der Waals surface area contributed by atoms with Crippen molar-refractivity contribution in [2.45, 2.75) is 44.9 Å². The summed E-state index contributed by atoms with van der Waals surface area (Å²) in [5.41, 5.74) is 6.70. The van der Waals surface area contributed by atoms with Crippen LogP contribution in [0.5, 0.6) is 0 Å². The number of hydrogen-bond acceptors (Lipinski definition) is 18. The van der Waals surface area contributed by atoms with Crippen LogP contribution in [0.15, 0.2) is 61.6 Å². The van der Waals surface area contributed by atoms with Gasteiger partial charge in [-0.1, -0.05) is 0 Å². The third-order valence-electron chi connectivity index (χ3n) is 14.1. The summed E-state index contributed by atoms with van der Waals surface area (Å²) in [6, 6.07) is 4.35. The third kappa shape index (κ3) is 20.4. The van der Waals surface area contributed by atoms with Crippen molar-refractivity contribution in [1.29, 1.82) is 0 Å². The Morgan fingerprint density at radius 3 is 1.08 bits per heavy atom. The number of nitrogens with zero attached hydrogens (tertiary/aromatic N) is 12. The van der Waals surface area contributed by atoms with Crippen LogP contribution in [0.1, 0.15) is 119 Å². The molecule has 96 heavy (non-hydrogen) atoms. The molecule has 37 nitrogen and oxygen atoms in total. The van der Waals surface area contributed by atoms with E-state index in [4.69, 9.17) is 5.73 Å². The molecule has 0 fully saturated rings. The van der Waals surface area contributed by atoms with Gasteiger partial charge in [-0.2, -0.15) is 0 Å². The lowest BCUT2D eigenvalue weighted by atomic mass is 10.3. The Labute approximate surface area is 549 Å². The van der Waals surface area contributed by atoms with Crippen molar-refractivity contribution >= 4 is 111 Å². The van der Waals surface area contributed by atoms with E-state index in [-0.39, 0.29) is 158 Å². The second kappa shape index (κ2) is 33.2. The lowest BCUT2D eigenvalue weighted by Gasteiger charge is -2.10. The molecule has 512 valence electrons. The maximum atomic E-state index is 13.5. The molecule has 0 bridgehead atoms. The number of carbonyl (C=O) groups is 12. The van der Waals surface area contributed by atoms with Crippen LogP contribution in [-0.4, -0.2) is 188 Å². The van der Waals surface area contributed by atoms with E-state index >= 15 is 0 Å². The Balaban J connectivity index is 0.793. The van der Waals surface area contributed by atoms with Gasteiger partial charge >= 0.3 is 0 Å². The van der Waals surface area contributed by atoms with Crippen LogP contribution >= 0.6 is 0 Å². The fraction of sp³-hybridized carbons (Fsp3) is 0.390. The molecule has 0 saturated carbocycles. The van der Waals surface area contributed by atoms with E-state index in [0.29, 0.717) is 12.2 Å². The molecule has 0 aromatic carbocycles. The molecular weight excluding hydrogens is 1250 g/mol. The van der Waals surface area contributed by atoms with Gasteiger partial charge in [0, 0.05) is 164 Å². The molecule has 7 aromatic rings. The lowest BCUT2D eigenvalue weighted by molar-refractivity contribution is -0.122. The van der Waals surface area contributed by atoms with Crippen molar-refractivity contribution < 1.29 is 57.5 Å². The van der Waals surface area contributed by atoms with E-state index in [1.54, 1.807) is 55.5 Å². The molecule has 0 radical (unpaired) electrons. The zero-order valence-corrected chi connectivity index (χ0v) is 54.5. The average Bonchev–Trinajstić information content (AvgIpc) is 1.72. The zero-order chi connectivity index (χ0) is 69.9. The quantitative estimate of drug-likeness (QED) is 0.0231. The highest BCUT2D eigenvalue weighted by atomic mass is 16.2. The molecule has 0 atom stereocenters. The van der Waals surface area contributed by atoms with Crippen LogP contribution in [0.25, 0.3) is 0 Å². The van der Waals surface area contributed by atoms with Crippen molar-refractivity contribution in [2.75, 3.05) is 97.1 Å². The van der Waals surface area contributed by atoms with Gasteiger partial charge in [0.2, 0.25) is 52.8 Å². The van der Waals surface area contributed by atoms with Crippen LogP contribution in [0.3, 0.4) is 0 Å². The van der Waals surface area contributed by atoms with Crippen molar-refractivity contribution in [3.05, 3.63) is 102 Å². The van der Waals surface area contributed by atoms with Crippen LogP contribution in [-0.2, 0) is 73.3 Å². The predicted molar refractivity (Wildman–Crippen MR) is 350 cm³/mol. The number of aryl methyl sites for hydroxylation is 7. The van der Waals surface area contributed by atoms with E-state index in [0.717, 1.165) is 13.0 Å². The Bertz CT molecular complexity index is 4060. The molecule has 0 unspecified atom stereocenters. The summed E-state index contributed by atoms with van der Waals surface area (Å²) in [6.45, 7) is 1.77. The molecule has 0 aliphatic heterocycles. The maximum Gasteiger partial charge on any atom is 0.291 e. The number of imidazole rings is 4. The molecule has 0 saturated heterocycles. The average molecular weight is 1330 g/mol.